The smallest absolute Gasteiger partial charge is 0.257 e. The molecule has 0 radical (unpaired) electrons. The van der Waals surface area contributed by atoms with E-state index < -0.39 is 12.0 Å². The van der Waals surface area contributed by atoms with Crippen molar-refractivity contribution >= 4 is 11.6 Å². The van der Waals surface area contributed by atoms with Crippen molar-refractivity contribution in [3.05, 3.63) is 29.3 Å². The number of anilines is 1. The molecule has 2 rings (SSSR count). The number of nitriles is 1. The minimum Gasteiger partial charge on any atom is -0.378 e. The lowest BCUT2D eigenvalue weighted by Gasteiger charge is -1.99. The fourth-order valence-corrected chi connectivity index (χ4v) is 1.31. The summed E-state index contributed by atoms with van der Waals surface area (Å²) >= 11 is 0. The van der Waals surface area contributed by atoms with Crippen LogP contribution >= 0.6 is 0 Å². The van der Waals surface area contributed by atoms with Crippen molar-refractivity contribution < 1.29 is 9.90 Å². The highest BCUT2D eigenvalue weighted by Crippen LogP contribution is 2.30. The number of hydrogen-bond donors (Lipinski definition) is 2. The molecule has 1 aromatic carbocycles. The first-order chi connectivity index (χ1) is 6.22. The molecule has 4 heteroatoms. The van der Waals surface area contributed by atoms with Crippen LogP contribution in [0.5, 0.6) is 0 Å². The third-order valence-corrected chi connectivity index (χ3v) is 1.98. The maximum absolute atomic E-state index is 11.0. The van der Waals surface area contributed by atoms with Crippen LogP contribution in [-0.4, -0.2) is 11.0 Å². The molecule has 1 aliphatic rings. The van der Waals surface area contributed by atoms with Gasteiger partial charge in [0.2, 0.25) is 0 Å². The zero-order chi connectivity index (χ0) is 9.42. The number of nitrogens with one attached hydrogen (secondary N) is 1. The second-order valence-corrected chi connectivity index (χ2v) is 2.81. The maximum Gasteiger partial charge on any atom is 0.257 e. The number of nitrogens with zero attached hydrogens (tertiary/aromatic N) is 1. The van der Waals surface area contributed by atoms with Gasteiger partial charge >= 0.3 is 0 Å². The predicted molar refractivity (Wildman–Crippen MR) is 44.7 cm³/mol. The van der Waals surface area contributed by atoms with E-state index in [0.29, 0.717) is 16.8 Å². The van der Waals surface area contributed by atoms with E-state index in [0.717, 1.165) is 0 Å². The van der Waals surface area contributed by atoms with Gasteiger partial charge in [0.15, 0.2) is 6.10 Å². The monoisotopic (exact) mass is 174 g/mol. The van der Waals surface area contributed by atoms with Gasteiger partial charge in [-0.05, 0) is 18.2 Å². The molecule has 2 N–H and O–H groups in total. The second-order valence-electron chi connectivity index (χ2n) is 2.81. The van der Waals surface area contributed by atoms with Gasteiger partial charge < -0.3 is 10.4 Å². The maximum atomic E-state index is 11.0. The van der Waals surface area contributed by atoms with Crippen molar-refractivity contribution in [1.29, 1.82) is 5.26 Å². The highest BCUT2D eigenvalue weighted by Gasteiger charge is 2.28. The molecule has 4 nitrogen and oxygen atoms in total. The average molecular weight is 174 g/mol. The Labute approximate surface area is 74.4 Å². The van der Waals surface area contributed by atoms with Gasteiger partial charge in [-0.2, -0.15) is 5.26 Å². The van der Waals surface area contributed by atoms with Crippen LogP contribution in [-0.2, 0) is 4.79 Å². The lowest BCUT2D eigenvalue weighted by Crippen LogP contribution is -2.10. The van der Waals surface area contributed by atoms with Crippen LogP contribution in [0.25, 0.3) is 0 Å². The molecular weight excluding hydrogens is 168 g/mol. The lowest BCUT2D eigenvalue weighted by molar-refractivity contribution is -0.123. The number of amides is 1. The number of aliphatic hydroxyl groups excluding tert-OH is 1. The van der Waals surface area contributed by atoms with Gasteiger partial charge in [-0.3, -0.25) is 4.79 Å². The molecule has 1 aliphatic heterocycles. The summed E-state index contributed by atoms with van der Waals surface area (Å²) in [6.45, 7) is 0. The summed E-state index contributed by atoms with van der Waals surface area (Å²) in [4.78, 5) is 11.0. The summed E-state index contributed by atoms with van der Waals surface area (Å²) in [5, 5.41) is 20.4. The fraction of sp³-hybridized carbons (Fsp3) is 0.111. The summed E-state index contributed by atoms with van der Waals surface area (Å²) in [6, 6.07) is 6.66. The number of carbonyl (C=O) groups excluding carboxylic acids is 1. The molecule has 0 spiro atoms. The SMILES string of the molecule is N#Cc1ccc2c(c1)C(O)C(=O)N2. The number of carbonyl (C=O) groups is 1. The van der Waals surface area contributed by atoms with Crippen LogP contribution in [0.2, 0.25) is 0 Å². The average Bonchev–Trinajstić information content (AvgIpc) is 2.43. The van der Waals surface area contributed by atoms with Crippen LogP contribution in [0.1, 0.15) is 17.2 Å². The van der Waals surface area contributed by atoms with Gasteiger partial charge in [0, 0.05) is 11.3 Å². The normalized spacial score (nSPS) is 19.1. The number of aliphatic hydroxyl groups is 1. The molecule has 1 aromatic rings. The Morgan fingerprint density at radius 2 is 2.31 bits per heavy atom. The van der Waals surface area contributed by atoms with Crippen LogP contribution in [0, 0.1) is 11.3 Å². The van der Waals surface area contributed by atoms with Crippen molar-refractivity contribution in [2.75, 3.05) is 5.32 Å². The molecule has 1 amide bonds. The Kier molecular flexibility index (Phi) is 1.54. The van der Waals surface area contributed by atoms with E-state index in [-0.39, 0.29) is 0 Å². The Morgan fingerprint density at radius 3 is 3.00 bits per heavy atom. The molecule has 1 unspecified atom stereocenters. The molecular formula is C9H6N2O2. The van der Waals surface area contributed by atoms with E-state index in [1.54, 1.807) is 12.1 Å². The van der Waals surface area contributed by atoms with Gasteiger partial charge in [-0.1, -0.05) is 0 Å². The van der Waals surface area contributed by atoms with Crippen molar-refractivity contribution in [1.82, 2.24) is 0 Å². The first-order valence-corrected chi connectivity index (χ1v) is 3.75. The Bertz CT molecular complexity index is 420. The van der Waals surface area contributed by atoms with E-state index in [4.69, 9.17) is 5.26 Å². The van der Waals surface area contributed by atoms with E-state index in [9.17, 15) is 9.90 Å². The molecule has 1 atom stereocenters. The number of fused-ring (bicyclic) bond motifs is 1. The number of hydrogen-bond acceptors (Lipinski definition) is 3. The molecule has 0 aliphatic carbocycles. The molecule has 0 fully saturated rings. The van der Waals surface area contributed by atoms with Gasteiger partial charge in [0.1, 0.15) is 0 Å². The Morgan fingerprint density at radius 1 is 1.54 bits per heavy atom. The van der Waals surface area contributed by atoms with E-state index in [2.05, 4.69) is 5.32 Å². The Hall–Kier alpha value is -1.86. The highest BCUT2D eigenvalue weighted by atomic mass is 16.3. The summed E-state index contributed by atoms with van der Waals surface area (Å²) in [5.74, 6) is -0.440. The van der Waals surface area contributed by atoms with Gasteiger partial charge in [0.05, 0.1) is 11.6 Å². The summed E-state index contributed by atoms with van der Waals surface area (Å²) in [5.41, 5.74) is 1.50. The molecule has 0 saturated carbocycles. The minimum atomic E-state index is -1.14. The van der Waals surface area contributed by atoms with E-state index >= 15 is 0 Å². The lowest BCUT2D eigenvalue weighted by atomic mass is 10.1. The molecule has 13 heavy (non-hydrogen) atoms. The summed E-state index contributed by atoms with van der Waals surface area (Å²) < 4.78 is 0. The quantitative estimate of drug-likeness (QED) is 0.603. The molecule has 1 heterocycles. The summed E-state index contributed by atoms with van der Waals surface area (Å²) in [7, 11) is 0. The van der Waals surface area contributed by atoms with Crippen molar-refractivity contribution in [2.45, 2.75) is 6.10 Å². The Balaban J connectivity index is 2.55. The first kappa shape index (κ1) is 7.77. The van der Waals surface area contributed by atoms with Gasteiger partial charge in [-0.15, -0.1) is 0 Å². The third kappa shape index (κ3) is 1.06. The largest absolute Gasteiger partial charge is 0.378 e. The minimum absolute atomic E-state index is 0.439. The molecule has 0 aromatic heterocycles. The van der Waals surface area contributed by atoms with Crippen molar-refractivity contribution in [3.8, 4) is 6.07 Å². The van der Waals surface area contributed by atoms with E-state index in [1.165, 1.54) is 6.07 Å². The zero-order valence-electron chi connectivity index (χ0n) is 6.61. The van der Waals surface area contributed by atoms with Gasteiger partial charge in [-0.25, -0.2) is 0 Å². The summed E-state index contributed by atoms with van der Waals surface area (Å²) in [6.07, 6.45) is -1.14. The molecule has 64 valence electrons. The van der Waals surface area contributed by atoms with Crippen LogP contribution in [0.15, 0.2) is 18.2 Å². The van der Waals surface area contributed by atoms with Crippen LogP contribution in [0.3, 0.4) is 0 Å². The van der Waals surface area contributed by atoms with Crippen molar-refractivity contribution in [3.63, 3.8) is 0 Å². The van der Waals surface area contributed by atoms with Crippen LogP contribution < -0.4 is 5.32 Å². The standard InChI is InChI=1S/C9H6N2O2/c10-4-5-1-2-7-6(3-5)8(12)9(13)11-7/h1-3,8,12H,(H,11,13). The second kappa shape index (κ2) is 2.57. The highest BCUT2D eigenvalue weighted by molar-refractivity contribution is 6.01. The van der Waals surface area contributed by atoms with Gasteiger partial charge in [0.25, 0.3) is 5.91 Å². The van der Waals surface area contributed by atoms with Crippen molar-refractivity contribution in [2.24, 2.45) is 0 Å². The predicted octanol–water partition coefficient (Wildman–Crippen LogP) is 0.544. The molecule has 0 bridgehead atoms. The topological polar surface area (TPSA) is 73.1 Å². The number of benzene rings is 1. The third-order valence-electron chi connectivity index (χ3n) is 1.98. The number of rotatable bonds is 0. The van der Waals surface area contributed by atoms with Crippen LogP contribution in [0.4, 0.5) is 5.69 Å². The van der Waals surface area contributed by atoms with E-state index in [1.807, 2.05) is 6.07 Å². The first-order valence-electron chi connectivity index (χ1n) is 3.75. The zero-order valence-corrected chi connectivity index (χ0v) is 6.61. The molecule has 0 saturated heterocycles. The fourth-order valence-electron chi connectivity index (χ4n) is 1.31.